The van der Waals surface area contributed by atoms with Crippen molar-refractivity contribution in [1.29, 1.82) is 0 Å². The molecule has 1 aliphatic rings. The van der Waals surface area contributed by atoms with Crippen molar-refractivity contribution in [2.75, 3.05) is 33.3 Å². The number of methoxy groups -OCH3 is 1. The van der Waals surface area contributed by atoms with E-state index in [4.69, 9.17) is 21.3 Å². The van der Waals surface area contributed by atoms with E-state index < -0.39 is 0 Å². The Morgan fingerprint density at radius 1 is 1.09 bits per heavy atom. The molecule has 5 rings (SSSR count). The lowest BCUT2D eigenvalue weighted by Crippen LogP contribution is -2.49. The van der Waals surface area contributed by atoms with Gasteiger partial charge in [0.05, 0.1) is 28.7 Å². The third-order valence-electron chi connectivity index (χ3n) is 6.45. The number of benzene rings is 2. The second kappa shape index (κ2) is 9.45. The summed E-state index contributed by atoms with van der Waals surface area (Å²) in [5.74, 6) is 1.08. The summed E-state index contributed by atoms with van der Waals surface area (Å²) in [5.41, 5.74) is 4.34. The third kappa shape index (κ3) is 5.03. The van der Waals surface area contributed by atoms with Crippen molar-refractivity contribution < 1.29 is 9.53 Å². The van der Waals surface area contributed by atoms with Crippen LogP contribution in [0.5, 0.6) is 5.75 Å². The molecule has 2 aromatic carbocycles. The molecule has 0 aliphatic carbocycles. The molecular weight excluding hydrogens is 480 g/mol. The minimum absolute atomic E-state index is 0.00753. The average Bonchev–Trinajstić information content (AvgIpc) is 3.34. The van der Waals surface area contributed by atoms with Crippen LogP contribution in [0.4, 0.5) is 0 Å². The van der Waals surface area contributed by atoms with E-state index >= 15 is 0 Å². The van der Waals surface area contributed by atoms with E-state index in [2.05, 4.69) is 48.3 Å². The summed E-state index contributed by atoms with van der Waals surface area (Å²) in [7, 11) is 1.68. The summed E-state index contributed by atoms with van der Waals surface area (Å²) in [6.45, 7) is 10.3. The number of fused-ring (bicyclic) bond motifs is 3. The Morgan fingerprint density at radius 2 is 1.80 bits per heavy atom. The Balaban J connectivity index is 1.46. The summed E-state index contributed by atoms with van der Waals surface area (Å²) in [5, 5.41) is 0.731. The first-order valence-corrected chi connectivity index (χ1v) is 13.2. The molecule has 3 heterocycles. The number of nitrogens with zero attached hydrogens (tertiary/aromatic N) is 4. The van der Waals surface area contributed by atoms with Crippen molar-refractivity contribution in [2.45, 2.75) is 33.7 Å². The fourth-order valence-corrected chi connectivity index (χ4v) is 5.98. The summed E-state index contributed by atoms with van der Waals surface area (Å²) in [4.78, 5) is 23.2. The highest BCUT2D eigenvalue weighted by Gasteiger charge is 2.27. The van der Waals surface area contributed by atoms with E-state index in [0.717, 1.165) is 75.6 Å². The van der Waals surface area contributed by atoms with Crippen LogP contribution < -0.4 is 4.74 Å². The fraction of sp³-hybridized carbons (Fsp3) is 0.407. The molecule has 1 saturated heterocycles. The van der Waals surface area contributed by atoms with Gasteiger partial charge >= 0.3 is 0 Å². The topological polar surface area (TPSA) is 50.1 Å². The molecule has 6 nitrogen and oxygen atoms in total. The van der Waals surface area contributed by atoms with Crippen LogP contribution in [0.1, 0.15) is 32.9 Å². The van der Waals surface area contributed by atoms with E-state index in [-0.39, 0.29) is 11.3 Å². The molecule has 1 amide bonds. The first-order chi connectivity index (χ1) is 16.7. The van der Waals surface area contributed by atoms with Crippen LogP contribution in [0.15, 0.2) is 42.5 Å². The third-order valence-corrected chi connectivity index (χ3v) is 7.69. The fourth-order valence-electron chi connectivity index (χ4n) is 4.66. The number of imidazole rings is 1. The number of carbonyl (C=O) groups excluding carboxylic acids is 1. The highest BCUT2D eigenvalue weighted by molar-refractivity contribution is 7.23. The molecule has 2 aromatic heterocycles. The zero-order valence-corrected chi connectivity index (χ0v) is 22.2. The predicted molar refractivity (Wildman–Crippen MR) is 144 cm³/mol. The zero-order chi connectivity index (χ0) is 24.7. The number of halogens is 1. The first kappa shape index (κ1) is 24.1. The van der Waals surface area contributed by atoms with Gasteiger partial charge in [0.2, 0.25) is 5.91 Å². The largest absolute Gasteiger partial charge is 0.497 e. The van der Waals surface area contributed by atoms with Crippen molar-refractivity contribution in [2.24, 2.45) is 5.41 Å². The van der Waals surface area contributed by atoms with Crippen LogP contribution in [0.25, 0.3) is 26.4 Å². The number of thiazole rings is 1. The van der Waals surface area contributed by atoms with Gasteiger partial charge in [-0.1, -0.05) is 43.7 Å². The number of ether oxygens (including phenoxy) is 1. The number of piperazine rings is 1. The molecule has 0 spiro atoms. The Labute approximate surface area is 215 Å². The van der Waals surface area contributed by atoms with E-state index in [0.29, 0.717) is 6.42 Å². The number of rotatable bonds is 5. The van der Waals surface area contributed by atoms with Gasteiger partial charge in [-0.3, -0.25) is 14.1 Å². The lowest BCUT2D eigenvalue weighted by atomic mass is 9.91. The molecule has 1 fully saturated rings. The highest BCUT2D eigenvalue weighted by atomic mass is 35.5. The smallest absolute Gasteiger partial charge is 0.223 e. The van der Waals surface area contributed by atoms with E-state index in [9.17, 15) is 4.79 Å². The number of hydrogen-bond acceptors (Lipinski definition) is 5. The molecule has 35 heavy (non-hydrogen) atoms. The Bertz CT molecular complexity index is 1360. The van der Waals surface area contributed by atoms with E-state index in [1.165, 1.54) is 0 Å². The first-order valence-electron chi connectivity index (χ1n) is 12.0. The molecule has 0 radical (unpaired) electrons. The van der Waals surface area contributed by atoms with Gasteiger partial charge in [-0.05, 0) is 47.9 Å². The maximum absolute atomic E-state index is 12.7. The lowest BCUT2D eigenvalue weighted by Gasteiger charge is -2.36. The van der Waals surface area contributed by atoms with Gasteiger partial charge in [0.25, 0.3) is 0 Å². The molecular formula is C27H31ClN4O2S. The summed E-state index contributed by atoms with van der Waals surface area (Å²) in [6, 6.07) is 14.1. The second-order valence-corrected chi connectivity index (χ2v) is 11.8. The SMILES string of the molecule is COc1ccc(-c2nc3sc4cc(Cl)ccc4n3c2CN2CCN(C(=O)CC(C)(C)C)CC2)cc1. The highest BCUT2D eigenvalue weighted by Crippen LogP contribution is 2.35. The molecule has 184 valence electrons. The van der Waals surface area contributed by atoms with E-state index in [1.54, 1.807) is 18.4 Å². The minimum Gasteiger partial charge on any atom is -0.497 e. The summed E-state index contributed by atoms with van der Waals surface area (Å²) >= 11 is 7.92. The van der Waals surface area contributed by atoms with Crippen molar-refractivity contribution >= 4 is 44.0 Å². The average molecular weight is 511 g/mol. The molecule has 8 heteroatoms. The Morgan fingerprint density at radius 3 is 2.46 bits per heavy atom. The minimum atomic E-state index is 0.00753. The number of hydrogen-bond donors (Lipinski definition) is 0. The van der Waals surface area contributed by atoms with Gasteiger partial charge < -0.3 is 9.64 Å². The van der Waals surface area contributed by atoms with Crippen LogP contribution in [0.2, 0.25) is 5.02 Å². The van der Waals surface area contributed by atoms with Gasteiger partial charge in [-0.15, -0.1) is 0 Å². The summed E-state index contributed by atoms with van der Waals surface area (Å²) < 4.78 is 8.75. The second-order valence-electron chi connectivity index (χ2n) is 10.4. The number of amides is 1. The van der Waals surface area contributed by atoms with Crippen molar-refractivity contribution in [1.82, 2.24) is 19.2 Å². The van der Waals surface area contributed by atoms with Crippen LogP contribution in [-0.4, -0.2) is 58.4 Å². The molecule has 0 N–H and O–H groups in total. The predicted octanol–water partition coefficient (Wildman–Crippen LogP) is 5.96. The van der Waals surface area contributed by atoms with Crippen LogP contribution >= 0.6 is 22.9 Å². The normalized spacial score (nSPS) is 15.3. The van der Waals surface area contributed by atoms with Crippen LogP contribution in [-0.2, 0) is 11.3 Å². The molecule has 0 atom stereocenters. The Hall–Kier alpha value is -2.61. The maximum atomic E-state index is 12.7. The van der Waals surface area contributed by atoms with Crippen molar-refractivity contribution in [3.05, 3.63) is 53.2 Å². The summed E-state index contributed by atoms with van der Waals surface area (Å²) in [6.07, 6.45) is 0.585. The van der Waals surface area contributed by atoms with Crippen molar-refractivity contribution in [3.63, 3.8) is 0 Å². The number of carbonyl (C=O) groups is 1. The van der Waals surface area contributed by atoms with Gasteiger partial charge in [-0.2, -0.15) is 0 Å². The van der Waals surface area contributed by atoms with Gasteiger partial charge in [0.15, 0.2) is 4.96 Å². The van der Waals surface area contributed by atoms with Crippen molar-refractivity contribution in [3.8, 4) is 17.0 Å². The molecule has 4 aromatic rings. The standard InChI is InChI=1S/C27H31ClN4O2S/c1-27(2,3)16-24(33)31-13-11-30(12-14-31)17-22-25(18-5-8-20(34-4)9-6-18)29-26-32(22)21-10-7-19(28)15-23(21)35-26/h5-10,15H,11-14,16-17H2,1-4H3. The molecule has 0 saturated carbocycles. The lowest BCUT2D eigenvalue weighted by molar-refractivity contribution is -0.134. The molecule has 0 unspecified atom stereocenters. The van der Waals surface area contributed by atoms with Gasteiger partial charge in [0, 0.05) is 49.7 Å². The Kier molecular flexibility index (Phi) is 6.51. The van der Waals surface area contributed by atoms with Crippen LogP contribution in [0, 0.1) is 5.41 Å². The number of aromatic nitrogens is 2. The molecule has 0 bridgehead atoms. The zero-order valence-electron chi connectivity index (χ0n) is 20.7. The van der Waals surface area contributed by atoms with Crippen LogP contribution in [0.3, 0.4) is 0 Å². The van der Waals surface area contributed by atoms with Gasteiger partial charge in [0.1, 0.15) is 5.75 Å². The van der Waals surface area contributed by atoms with Gasteiger partial charge in [-0.25, -0.2) is 4.98 Å². The molecule has 1 aliphatic heterocycles. The quantitative estimate of drug-likeness (QED) is 0.332. The monoisotopic (exact) mass is 510 g/mol. The maximum Gasteiger partial charge on any atom is 0.223 e. The van der Waals surface area contributed by atoms with E-state index in [1.807, 2.05) is 29.2 Å².